The van der Waals surface area contributed by atoms with E-state index in [1.54, 1.807) is 0 Å². The second-order valence-electron chi connectivity index (χ2n) is 18.2. The van der Waals surface area contributed by atoms with Crippen molar-refractivity contribution < 1.29 is 0 Å². The highest BCUT2D eigenvalue weighted by Crippen LogP contribution is 2.43. The zero-order chi connectivity index (χ0) is 46.7. The van der Waals surface area contributed by atoms with Crippen LogP contribution in [0, 0.1) is 13.8 Å². The summed E-state index contributed by atoms with van der Waals surface area (Å²) in [4.78, 5) is 16.0. The number of hydrogen-bond acceptors (Lipinski definition) is 3. The van der Waals surface area contributed by atoms with E-state index >= 15 is 0 Å². The third kappa shape index (κ3) is 7.06. The molecular formula is C65H45N5. The summed E-state index contributed by atoms with van der Waals surface area (Å²) in [7, 11) is 0. The fourth-order valence-electron chi connectivity index (χ4n) is 10.4. The Morgan fingerprint density at radius 1 is 0.286 bits per heavy atom. The lowest BCUT2D eigenvalue weighted by molar-refractivity contribution is 1.06. The topological polar surface area (TPSA) is 48.5 Å². The molecule has 0 bridgehead atoms. The molecule has 3 aromatic heterocycles. The molecule has 0 aliphatic heterocycles. The Hall–Kier alpha value is -9.19. The fourth-order valence-corrected chi connectivity index (χ4v) is 10.4. The maximum Gasteiger partial charge on any atom is 0.166 e. The van der Waals surface area contributed by atoms with Crippen LogP contribution < -0.4 is 0 Å². The molecule has 0 unspecified atom stereocenters. The monoisotopic (exact) mass is 895 g/mol. The van der Waals surface area contributed by atoms with Crippen molar-refractivity contribution in [3.63, 3.8) is 0 Å². The summed E-state index contributed by atoms with van der Waals surface area (Å²) in [5, 5.41) is 4.73. The molecule has 0 N–H and O–H groups in total. The summed E-state index contributed by atoms with van der Waals surface area (Å²) >= 11 is 0. The lowest BCUT2D eigenvalue weighted by Crippen LogP contribution is -2.04. The van der Waals surface area contributed by atoms with Gasteiger partial charge in [0.25, 0.3) is 0 Å². The molecule has 0 aliphatic rings. The highest BCUT2D eigenvalue weighted by atomic mass is 15.1. The van der Waals surface area contributed by atoms with Crippen LogP contribution in [0.4, 0.5) is 0 Å². The van der Waals surface area contributed by atoms with Crippen LogP contribution in [0.2, 0.25) is 0 Å². The number of benzene rings is 10. The van der Waals surface area contributed by atoms with E-state index < -0.39 is 0 Å². The molecule has 0 spiro atoms. The Bertz CT molecular complexity index is 3970. The number of nitrogens with zero attached hydrogens (tertiary/aromatic N) is 5. The standard InChI is InChI=1S/C65H45N5/c1-42-17-14-23-46(37-42)48-31-34-59-55(39-48)56-40-49(47-24-15-18-43(2)38-47)32-35-60(56)70(59)61-36-33-50(52-28-16-29-54-53-27-12-13-30-58(53)69(62(52)54)51-25-10-5-11-26-51)41-57(61)65-67-63(44-19-6-3-7-20-44)66-64(68-65)45-21-8-4-9-22-45/h3-41H,1-2H3. The van der Waals surface area contributed by atoms with Gasteiger partial charge in [0.2, 0.25) is 0 Å². The second kappa shape index (κ2) is 16.8. The minimum Gasteiger partial charge on any atom is -0.309 e. The minimum atomic E-state index is 0.586. The number of aromatic nitrogens is 5. The molecule has 330 valence electrons. The van der Waals surface area contributed by atoms with Crippen LogP contribution >= 0.6 is 0 Å². The van der Waals surface area contributed by atoms with Gasteiger partial charge in [-0.3, -0.25) is 0 Å². The first-order chi connectivity index (χ1) is 34.5. The number of fused-ring (bicyclic) bond motifs is 6. The molecule has 10 aromatic carbocycles. The summed E-state index contributed by atoms with van der Waals surface area (Å²) < 4.78 is 4.82. The quantitative estimate of drug-likeness (QED) is 0.153. The molecule has 0 fully saturated rings. The first-order valence-corrected chi connectivity index (χ1v) is 23.8. The maximum atomic E-state index is 5.41. The summed E-state index contributed by atoms with van der Waals surface area (Å²) in [5.41, 5.74) is 18.6. The van der Waals surface area contributed by atoms with Crippen molar-refractivity contribution in [1.82, 2.24) is 24.1 Å². The van der Waals surface area contributed by atoms with E-state index in [1.165, 1.54) is 54.9 Å². The van der Waals surface area contributed by atoms with Gasteiger partial charge in [0.1, 0.15) is 0 Å². The SMILES string of the molecule is Cc1cccc(-c2ccc3c(c2)c2cc(-c4cccc(C)c4)ccc2n3-c2ccc(-c3cccc4c5ccccc5n(-c5ccccc5)c34)cc2-c2nc(-c3ccccc3)nc(-c3ccccc3)n2)c1. The molecule has 0 saturated carbocycles. The van der Waals surface area contributed by atoms with Crippen LogP contribution in [-0.2, 0) is 0 Å². The number of aryl methyl sites for hydroxylation is 2. The predicted molar refractivity (Wildman–Crippen MR) is 291 cm³/mol. The molecule has 0 amide bonds. The van der Waals surface area contributed by atoms with Gasteiger partial charge in [-0.1, -0.05) is 193 Å². The molecular weight excluding hydrogens is 851 g/mol. The minimum absolute atomic E-state index is 0.586. The zero-order valence-corrected chi connectivity index (χ0v) is 38.8. The maximum absolute atomic E-state index is 5.41. The lowest BCUT2D eigenvalue weighted by atomic mass is 9.98. The second-order valence-corrected chi connectivity index (χ2v) is 18.2. The van der Waals surface area contributed by atoms with Gasteiger partial charge in [0, 0.05) is 49.5 Å². The van der Waals surface area contributed by atoms with Crippen LogP contribution in [0.1, 0.15) is 11.1 Å². The van der Waals surface area contributed by atoms with Crippen molar-refractivity contribution in [1.29, 1.82) is 0 Å². The molecule has 0 atom stereocenters. The Kier molecular flexibility index (Phi) is 9.88. The van der Waals surface area contributed by atoms with Gasteiger partial charge in [-0.05, 0) is 96.3 Å². The van der Waals surface area contributed by atoms with Gasteiger partial charge in [0.05, 0.1) is 27.8 Å². The zero-order valence-electron chi connectivity index (χ0n) is 38.8. The molecule has 0 radical (unpaired) electrons. The Balaban J connectivity index is 1.13. The number of hydrogen-bond donors (Lipinski definition) is 0. The average Bonchev–Trinajstić information content (AvgIpc) is 3.93. The van der Waals surface area contributed by atoms with E-state index in [4.69, 9.17) is 15.0 Å². The van der Waals surface area contributed by atoms with Gasteiger partial charge >= 0.3 is 0 Å². The van der Waals surface area contributed by atoms with E-state index in [-0.39, 0.29) is 0 Å². The van der Waals surface area contributed by atoms with Crippen molar-refractivity contribution in [2.45, 2.75) is 13.8 Å². The van der Waals surface area contributed by atoms with Gasteiger partial charge in [-0.2, -0.15) is 0 Å². The van der Waals surface area contributed by atoms with Crippen molar-refractivity contribution in [2.75, 3.05) is 0 Å². The number of para-hydroxylation sites is 3. The van der Waals surface area contributed by atoms with E-state index in [9.17, 15) is 0 Å². The van der Waals surface area contributed by atoms with Gasteiger partial charge in [0.15, 0.2) is 17.5 Å². The summed E-state index contributed by atoms with van der Waals surface area (Å²) in [6, 6.07) is 84.7. The van der Waals surface area contributed by atoms with E-state index in [0.717, 1.165) is 61.3 Å². The third-order valence-electron chi connectivity index (χ3n) is 13.7. The third-order valence-corrected chi connectivity index (χ3v) is 13.7. The first kappa shape index (κ1) is 41.0. The van der Waals surface area contributed by atoms with Crippen LogP contribution in [-0.4, -0.2) is 24.1 Å². The molecule has 70 heavy (non-hydrogen) atoms. The van der Waals surface area contributed by atoms with E-state index in [2.05, 4.69) is 223 Å². The Morgan fingerprint density at radius 2 is 0.757 bits per heavy atom. The van der Waals surface area contributed by atoms with Crippen molar-refractivity contribution in [3.8, 4) is 78.9 Å². The predicted octanol–water partition coefficient (Wildman–Crippen LogP) is 16.7. The van der Waals surface area contributed by atoms with Crippen LogP contribution in [0.5, 0.6) is 0 Å². The molecule has 0 saturated heterocycles. The normalized spacial score (nSPS) is 11.6. The highest BCUT2D eigenvalue weighted by Gasteiger charge is 2.23. The number of rotatable bonds is 8. The largest absolute Gasteiger partial charge is 0.309 e. The van der Waals surface area contributed by atoms with Crippen LogP contribution in [0.3, 0.4) is 0 Å². The molecule has 3 heterocycles. The van der Waals surface area contributed by atoms with Gasteiger partial charge in [-0.25, -0.2) is 15.0 Å². The summed E-state index contributed by atoms with van der Waals surface area (Å²) in [5.74, 6) is 1.81. The van der Waals surface area contributed by atoms with E-state index in [1.807, 2.05) is 36.4 Å². The van der Waals surface area contributed by atoms with Crippen LogP contribution in [0.25, 0.3) is 123 Å². The Morgan fingerprint density at radius 3 is 1.36 bits per heavy atom. The van der Waals surface area contributed by atoms with Crippen molar-refractivity contribution in [2.24, 2.45) is 0 Å². The van der Waals surface area contributed by atoms with Crippen molar-refractivity contribution >= 4 is 43.6 Å². The molecule has 5 nitrogen and oxygen atoms in total. The van der Waals surface area contributed by atoms with Gasteiger partial charge < -0.3 is 9.13 Å². The first-order valence-electron chi connectivity index (χ1n) is 23.8. The smallest absolute Gasteiger partial charge is 0.166 e. The lowest BCUT2D eigenvalue weighted by Gasteiger charge is -2.17. The summed E-state index contributed by atoms with van der Waals surface area (Å²) in [6.45, 7) is 4.31. The highest BCUT2D eigenvalue weighted by molar-refractivity contribution is 6.15. The van der Waals surface area contributed by atoms with Crippen molar-refractivity contribution in [3.05, 3.63) is 248 Å². The molecule has 5 heteroatoms. The average molecular weight is 896 g/mol. The van der Waals surface area contributed by atoms with Gasteiger partial charge in [-0.15, -0.1) is 0 Å². The molecule has 13 aromatic rings. The fraction of sp³-hybridized carbons (Fsp3) is 0.0308. The Labute approximate surface area is 406 Å². The van der Waals surface area contributed by atoms with Crippen LogP contribution in [0.15, 0.2) is 237 Å². The molecule has 0 aliphatic carbocycles. The summed E-state index contributed by atoms with van der Waals surface area (Å²) in [6.07, 6.45) is 0. The molecule has 13 rings (SSSR count). The van der Waals surface area contributed by atoms with E-state index in [0.29, 0.717) is 17.5 Å².